The standard InChI is InChI=1S/C12H14ClN3O/c1-9(2)16-6-5-15(12(16)17)8-11-7-10(13)3-4-14-11/h3-7,9H,8H2,1-2H3. The number of imidazole rings is 1. The van der Waals surface area contributed by atoms with Gasteiger partial charge in [0.2, 0.25) is 0 Å². The molecule has 0 aliphatic rings. The van der Waals surface area contributed by atoms with Crippen LogP contribution in [0.15, 0.2) is 35.5 Å². The van der Waals surface area contributed by atoms with Gasteiger partial charge in [-0.1, -0.05) is 11.6 Å². The Kier molecular flexibility index (Phi) is 3.33. The fourth-order valence-electron chi connectivity index (χ4n) is 1.65. The summed E-state index contributed by atoms with van der Waals surface area (Å²) in [5.41, 5.74) is 0.753. The molecule has 0 aliphatic heterocycles. The summed E-state index contributed by atoms with van der Waals surface area (Å²) in [6.07, 6.45) is 5.20. The van der Waals surface area contributed by atoms with Crippen molar-refractivity contribution in [1.29, 1.82) is 0 Å². The molecule has 5 heteroatoms. The highest BCUT2D eigenvalue weighted by Crippen LogP contribution is 2.09. The minimum atomic E-state index is -0.0261. The topological polar surface area (TPSA) is 39.8 Å². The number of aromatic nitrogens is 3. The summed E-state index contributed by atoms with van der Waals surface area (Å²) in [6, 6.07) is 3.64. The smallest absolute Gasteiger partial charge is 0.297 e. The molecular weight excluding hydrogens is 238 g/mol. The molecule has 0 spiro atoms. The van der Waals surface area contributed by atoms with E-state index in [1.165, 1.54) is 0 Å². The monoisotopic (exact) mass is 251 g/mol. The number of pyridine rings is 1. The van der Waals surface area contributed by atoms with Crippen molar-refractivity contribution in [3.63, 3.8) is 0 Å². The first-order valence-electron chi connectivity index (χ1n) is 5.45. The molecule has 0 unspecified atom stereocenters. The Bertz CT molecular complexity index is 571. The zero-order valence-electron chi connectivity index (χ0n) is 9.80. The van der Waals surface area contributed by atoms with Crippen LogP contribution in [0.3, 0.4) is 0 Å². The molecule has 0 amide bonds. The molecule has 0 bridgehead atoms. The Morgan fingerprint density at radius 3 is 2.76 bits per heavy atom. The van der Waals surface area contributed by atoms with Crippen molar-refractivity contribution in [2.75, 3.05) is 0 Å². The summed E-state index contributed by atoms with van der Waals surface area (Å²) >= 11 is 5.87. The van der Waals surface area contributed by atoms with E-state index in [-0.39, 0.29) is 11.7 Å². The Morgan fingerprint density at radius 1 is 1.41 bits per heavy atom. The van der Waals surface area contributed by atoms with Gasteiger partial charge in [0.25, 0.3) is 0 Å². The van der Waals surface area contributed by atoms with E-state index in [0.29, 0.717) is 11.6 Å². The molecule has 0 saturated heterocycles. The van der Waals surface area contributed by atoms with Crippen molar-refractivity contribution in [3.8, 4) is 0 Å². The van der Waals surface area contributed by atoms with Crippen molar-refractivity contribution in [3.05, 3.63) is 51.9 Å². The van der Waals surface area contributed by atoms with Crippen LogP contribution < -0.4 is 5.69 Å². The number of hydrogen-bond acceptors (Lipinski definition) is 2. The van der Waals surface area contributed by atoms with Gasteiger partial charge in [-0.05, 0) is 26.0 Å². The van der Waals surface area contributed by atoms with E-state index in [9.17, 15) is 4.79 Å². The maximum absolute atomic E-state index is 12.0. The van der Waals surface area contributed by atoms with Crippen LogP contribution in [0.4, 0.5) is 0 Å². The van der Waals surface area contributed by atoms with Gasteiger partial charge >= 0.3 is 5.69 Å². The average Bonchev–Trinajstić information content (AvgIpc) is 2.61. The second kappa shape index (κ2) is 4.75. The van der Waals surface area contributed by atoms with Crippen molar-refractivity contribution in [2.45, 2.75) is 26.4 Å². The molecule has 2 rings (SSSR count). The van der Waals surface area contributed by atoms with Gasteiger partial charge in [0.1, 0.15) is 0 Å². The maximum atomic E-state index is 12.0. The highest BCUT2D eigenvalue weighted by molar-refractivity contribution is 6.30. The predicted molar refractivity (Wildman–Crippen MR) is 67.4 cm³/mol. The summed E-state index contributed by atoms with van der Waals surface area (Å²) in [5.74, 6) is 0. The Morgan fingerprint density at radius 2 is 2.18 bits per heavy atom. The molecule has 4 nitrogen and oxygen atoms in total. The summed E-state index contributed by atoms with van der Waals surface area (Å²) in [6.45, 7) is 4.39. The molecule has 0 saturated carbocycles. The van der Waals surface area contributed by atoms with E-state index < -0.39 is 0 Å². The summed E-state index contributed by atoms with van der Waals surface area (Å²) in [7, 11) is 0. The third-order valence-corrected chi connectivity index (χ3v) is 2.78. The molecule has 0 radical (unpaired) electrons. The Labute approximate surface area is 104 Å². The van der Waals surface area contributed by atoms with Crippen molar-refractivity contribution in [2.24, 2.45) is 0 Å². The first-order valence-corrected chi connectivity index (χ1v) is 5.83. The zero-order chi connectivity index (χ0) is 12.4. The van der Waals surface area contributed by atoms with Gasteiger partial charge in [0, 0.05) is 29.7 Å². The lowest BCUT2D eigenvalue weighted by molar-refractivity contribution is 0.560. The van der Waals surface area contributed by atoms with Crippen LogP contribution in [-0.2, 0) is 6.54 Å². The first kappa shape index (κ1) is 11.9. The van der Waals surface area contributed by atoms with Gasteiger partial charge in [-0.25, -0.2) is 4.79 Å². The highest BCUT2D eigenvalue weighted by atomic mass is 35.5. The van der Waals surface area contributed by atoms with Gasteiger partial charge in [0.15, 0.2) is 0 Å². The molecule has 2 heterocycles. The second-order valence-electron chi connectivity index (χ2n) is 4.18. The van der Waals surface area contributed by atoms with Crippen LogP contribution in [0, 0.1) is 0 Å². The molecule has 0 atom stereocenters. The largest absolute Gasteiger partial charge is 0.328 e. The zero-order valence-corrected chi connectivity index (χ0v) is 10.6. The number of halogens is 1. The van der Waals surface area contributed by atoms with Gasteiger partial charge in [0.05, 0.1) is 12.2 Å². The summed E-state index contributed by atoms with van der Waals surface area (Å²) in [5, 5.41) is 0.631. The van der Waals surface area contributed by atoms with E-state index in [2.05, 4.69) is 4.98 Å². The highest BCUT2D eigenvalue weighted by Gasteiger charge is 2.07. The number of hydrogen-bond donors (Lipinski definition) is 0. The van der Waals surface area contributed by atoms with Crippen LogP contribution in [0.2, 0.25) is 5.02 Å². The van der Waals surface area contributed by atoms with Gasteiger partial charge in [-0.15, -0.1) is 0 Å². The third kappa shape index (κ3) is 2.58. The van der Waals surface area contributed by atoms with Crippen molar-refractivity contribution in [1.82, 2.24) is 14.1 Å². The van der Waals surface area contributed by atoms with Crippen molar-refractivity contribution >= 4 is 11.6 Å². The van der Waals surface area contributed by atoms with E-state index >= 15 is 0 Å². The quantitative estimate of drug-likeness (QED) is 0.840. The van der Waals surface area contributed by atoms with Gasteiger partial charge in [-0.2, -0.15) is 0 Å². The normalized spacial score (nSPS) is 11.1. The third-order valence-electron chi connectivity index (χ3n) is 2.54. The van der Waals surface area contributed by atoms with E-state index in [1.54, 1.807) is 39.9 Å². The lowest BCUT2D eigenvalue weighted by Gasteiger charge is -2.05. The van der Waals surface area contributed by atoms with E-state index in [4.69, 9.17) is 11.6 Å². The minimum absolute atomic E-state index is 0.0261. The molecular formula is C12H14ClN3O. The van der Waals surface area contributed by atoms with E-state index in [1.807, 2.05) is 13.8 Å². The average molecular weight is 252 g/mol. The van der Waals surface area contributed by atoms with Gasteiger partial charge < -0.3 is 0 Å². The maximum Gasteiger partial charge on any atom is 0.328 e. The summed E-state index contributed by atoms with van der Waals surface area (Å²) in [4.78, 5) is 16.1. The lowest BCUT2D eigenvalue weighted by Crippen LogP contribution is -2.25. The van der Waals surface area contributed by atoms with E-state index in [0.717, 1.165) is 5.69 Å². The molecule has 0 aromatic carbocycles. The van der Waals surface area contributed by atoms with Crippen molar-refractivity contribution < 1.29 is 0 Å². The lowest BCUT2D eigenvalue weighted by atomic mass is 10.3. The van der Waals surface area contributed by atoms with Crippen LogP contribution in [-0.4, -0.2) is 14.1 Å². The Hall–Kier alpha value is -1.55. The SMILES string of the molecule is CC(C)n1ccn(Cc2cc(Cl)ccn2)c1=O. The molecule has 0 N–H and O–H groups in total. The molecule has 90 valence electrons. The number of nitrogens with zero attached hydrogens (tertiary/aromatic N) is 3. The first-order chi connectivity index (χ1) is 8.08. The minimum Gasteiger partial charge on any atom is -0.297 e. The Balaban J connectivity index is 2.28. The van der Waals surface area contributed by atoms with Crippen LogP contribution in [0.25, 0.3) is 0 Å². The second-order valence-corrected chi connectivity index (χ2v) is 4.61. The van der Waals surface area contributed by atoms with Crippen LogP contribution in [0.1, 0.15) is 25.6 Å². The predicted octanol–water partition coefficient (Wildman–Crippen LogP) is 2.33. The number of rotatable bonds is 3. The van der Waals surface area contributed by atoms with Gasteiger partial charge in [-0.3, -0.25) is 14.1 Å². The van der Waals surface area contributed by atoms with Crippen LogP contribution >= 0.6 is 11.6 Å². The molecule has 0 fully saturated rings. The molecule has 2 aromatic rings. The fourth-order valence-corrected chi connectivity index (χ4v) is 1.83. The molecule has 17 heavy (non-hydrogen) atoms. The van der Waals surface area contributed by atoms with Crippen LogP contribution in [0.5, 0.6) is 0 Å². The molecule has 0 aliphatic carbocycles. The molecule has 2 aromatic heterocycles. The summed E-state index contributed by atoms with van der Waals surface area (Å²) < 4.78 is 3.31. The fraction of sp³-hybridized carbons (Fsp3) is 0.333.